The monoisotopic (exact) mass is 295 g/mol. The van der Waals surface area contributed by atoms with Crippen LogP contribution in [0.3, 0.4) is 0 Å². The smallest absolute Gasteiger partial charge is 0.317 e. The number of aliphatic carboxylic acids is 1. The number of carbonyl (C=O) groups is 1. The van der Waals surface area contributed by atoms with Gasteiger partial charge in [0.25, 0.3) is 0 Å². The average molecular weight is 295 g/mol. The third-order valence-corrected chi connectivity index (χ3v) is 2.80. The van der Waals surface area contributed by atoms with E-state index < -0.39 is 5.97 Å². The molecule has 1 rings (SSSR count). The summed E-state index contributed by atoms with van der Waals surface area (Å²) in [5, 5.41) is 8.92. The van der Waals surface area contributed by atoms with Crippen LogP contribution < -0.4 is 9.47 Å². The molecule has 5 nitrogen and oxygen atoms in total. The second-order valence-corrected chi connectivity index (χ2v) is 5.25. The fraction of sp³-hybridized carbons (Fsp3) is 0.562. The van der Waals surface area contributed by atoms with Crippen LogP contribution in [0.15, 0.2) is 24.3 Å². The number of hydrogen-bond acceptors (Lipinski definition) is 4. The third kappa shape index (κ3) is 6.99. The van der Waals surface area contributed by atoms with Crippen molar-refractivity contribution in [1.82, 2.24) is 4.90 Å². The van der Waals surface area contributed by atoms with Crippen molar-refractivity contribution < 1.29 is 19.4 Å². The van der Waals surface area contributed by atoms with Crippen molar-refractivity contribution in [3.05, 3.63) is 24.3 Å². The number of carboxylic acid groups (broad SMARTS) is 1. The van der Waals surface area contributed by atoms with E-state index in [0.29, 0.717) is 37.2 Å². The van der Waals surface area contributed by atoms with Crippen LogP contribution in [0.25, 0.3) is 0 Å². The van der Waals surface area contributed by atoms with Crippen LogP contribution in [0.4, 0.5) is 0 Å². The largest absolute Gasteiger partial charge is 0.490 e. The van der Waals surface area contributed by atoms with Gasteiger partial charge in [0.15, 0.2) is 11.5 Å². The molecule has 0 aliphatic carbocycles. The molecule has 21 heavy (non-hydrogen) atoms. The third-order valence-electron chi connectivity index (χ3n) is 2.80. The molecule has 1 aromatic rings. The Morgan fingerprint density at radius 2 is 1.86 bits per heavy atom. The van der Waals surface area contributed by atoms with Gasteiger partial charge in [-0.2, -0.15) is 0 Å². The molecule has 1 aromatic carbocycles. The first-order valence-corrected chi connectivity index (χ1v) is 7.31. The molecule has 0 saturated heterocycles. The summed E-state index contributed by atoms with van der Waals surface area (Å²) in [4.78, 5) is 12.7. The topological polar surface area (TPSA) is 59.0 Å². The quantitative estimate of drug-likeness (QED) is 0.718. The highest BCUT2D eigenvalue weighted by molar-refractivity contribution is 5.69. The van der Waals surface area contributed by atoms with Crippen molar-refractivity contribution in [3.8, 4) is 11.5 Å². The second-order valence-electron chi connectivity index (χ2n) is 5.25. The van der Waals surface area contributed by atoms with Gasteiger partial charge in [0.05, 0.1) is 13.2 Å². The van der Waals surface area contributed by atoms with E-state index in [2.05, 4.69) is 13.8 Å². The summed E-state index contributed by atoms with van der Waals surface area (Å²) in [5.74, 6) is 1.01. The van der Waals surface area contributed by atoms with E-state index in [9.17, 15) is 4.79 Å². The molecule has 118 valence electrons. The maximum absolute atomic E-state index is 10.9. The Labute approximate surface area is 126 Å². The van der Waals surface area contributed by atoms with E-state index in [-0.39, 0.29) is 6.54 Å². The van der Waals surface area contributed by atoms with Crippen LogP contribution in [0.1, 0.15) is 20.8 Å². The van der Waals surface area contributed by atoms with E-state index in [1.165, 1.54) is 0 Å². The zero-order chi connectivity index (χ0) is 15.7. The Morgan fingerprint density at radius 1 is 1.24 bits per heavy atom. The van der Waals surface area contributed by atoms with E-state index in [0.717, 1.165) is 6.54 Å². The van der Waals surface area contributed by atoms with E-state index in [4.69, 9.17) is 14.6 Å². The van der Waals surface area contributed by atoms with Crippen molar-refractivity contribution in [2.75, 3.05) is 32.8 Å². The number of benzene rings is 1. The molecule has 0 aromatic heterocycles. The number of nitrogens with zero attached hydrogens (tertiary/aromatic N) is 1. The van der Waals surface area contributed by atoms with Gasteiger partial charge in [0, 0.05) is 13.1 Å². The predicted octanol–water partition coefficient (Wildman–Crippen LogP) is 2.51. The normalized spacial score (nSPS) is 10.9. The lowest BCUT2D eigenvalue weighted by molar-refractivity contribution is -0.138. The number of rotatable bonds is 10. The summed E-state index contributed by atoms with van der Waals surface area (Å²) in [7, 11) is 0. The van der Waals surface area contributed by atoms with Gasteiger partial charge in [0.2, 0.25) is 0 Å². The Kier molecular flexibility index (Phi) is 7.61. The predicted molar refractivity (Wildman–Crippen MR) is 82.0 cm³/mol. The minimum absolute atomic E-state index is 0.0364. The average Bonchev–Trinajstić information content (AvgIpc) is 2.39. The molecule has 0 fully saturated rings. The van der Waals surface area contributed by atoms with Crippen molar-refractivity contribution in [3.63, 3.8) is 0 Å². The lowest BCUT2D eigenvalue weighted by atomic mass is 10.2. The number of ether oxygens (including phenoxy) is 2. The van der Waals surface area contributed by atoms with Gasteiger partial charge in [-0.3, -0.25) is 9.69 Å². The van der Waals surface area contributed by atoms with Gasteiger partial charge in [-0.1, -0.05) is 26.0 Å². The standard InChI is InChI=1S/C16H25NO4/c1-4-20-14-7-5-6-8-15(14)21-10-9-17(11-13(2)3)12-16(18)19/h5-8,13H,4,9-12H2,1-3H3,(H,18,19). The highest BCUT2D eigenvalue weighted by atomic mass is 16.5. The number of hydrogen-bond donors (Lipinski definition) is 1. The lowest BCUT2D eigenvalue weighted by Crippen LogP contribution is -2.36. The van der Waals surface area contributed by atoms with Gasteiger partial charge < -0.3 is 14.6 Å². The first-order valence-electron chi connectivity index (χ1n) is 7.31. The van der Waals surface area contributed by atoms with E-state index >= 15 is 0 Å². The Bertz CT molecular complexity index is 434. The van der Waals surface area contributed by atoms with Crippen LogP contribution in [0.2, 0.25) is 0 Å². The first-order chi connectivity index (χ1) is 10.0. The van der Waals surface area contributed by atoms with Crippen molar-refractivity contribution >= 4 is 5.97 Å². The zero-order valence-corrected chi connectivity index (χ0v) is 13.0. The van der Waals surface area contributed by atoms with Gasteiger partial charge >= 0.3 is 5.97 Å². The van der Waals surface area contributed by atoms with E-state index in [1.807, 2.05) is 36.1 Å². The maximum Gasteiger partial charge on any atom is 0.317 e. The van der Waals surface area contributed by atoms with Crippen molar-refractivity contribution in [1.29, 1.82) is 0 Å². The maximum atomic E-state index is 10.9. The van der Waals surface area contributed by atoms with Crippen LogP contribution in [-0.2, 0) is 4.79 Å². The minimum atomic E-state index is -0.814. The van der Waals surface area contributed by atoms with Crippen molar-refractivity contribution in [2.24, 2.45) is 5.92 Å². The lowest BCUT2D eigenvalue weighted by Gasteiger charge is -2.22. The summed E-state index contributed by atoms with van der Waals surface area (Å²) >= 11 is 0. The summed E-state index contributed by atoms with van der Waals surface area (Å²) in [6.07, 6.45) is 0. The Hall–Kier alpha value is -1.75. The summed E-state index contributed by atoms with van der Waals surface area (Å²) in [6.45, 7) is 8.43. The molecule has 0 bridgehead atoms. The molecular formula is C16H25NO4. The van der Waals surface area contributed by atoms with E-state index in [1.54, 1.807) is 0 Å². The molecule has 0 radical (unpaired) electrons. The summed E-state index contributed by atoms with van der Waals surface area (Å²) < 4.78 is 11.2. The van der Waals surface area contributed by atoms with Gasteiger partial charge in [-0.15, -0.1) is 0 Å². The fourth-order valence-electron chi connectivity index (χ4n) is 2.07. The minimum Gasteiger partial charge on any atom is -0.490 e. The van der Waals surface area contributed by atoms with Crippen LogP contribution >= 0.6 is 0 Å². The molecule has 0 spiro atoms. The van der Waals surface area contributed by atoms with Crippen molar-refractivity contribution in [2.45, 2.75) is 20.8 Å². The number of carboxylic acids is 1. The van der Waals surface area contributed by atoms with Gasteiger partial charge in [-0.25, -0.2) is 0 Å². The highest BCUT2D eigenvalue weighted by Crippen LogP contribution is 2.26. The molecule has 0 saturated carbocycles. The molecule has 0 amide bonds. The molecule has 0 aliphatic rings. The fourth-order valence-corrected chi connectivity index (χ4v) is 2.07. The summed E-state index contributed by atoms with van der Waals surface area (Å²) in [5.41, 5.74) is 0. The zero-order valence-electron chi connectivity index (χ0n) is 13.0. The van der Waals surface area contributed by atoms with Gasteiger partial charge in [-0.05, 0) is 25.0 Å². The molecule has 0 heterocycles. The molecule has 0 unspecified atom stereocenters. The number of para-hydroxylation sites is 2. The van der Waals surface area contributed by atoms with Gasteiger partial charge in [0.1, 0.15) is 6.61 Å². The molecule has 0 aliphatic heterocycles. The Balaban J connectivity index is 2.51. The van der Waals surface area contributed by atoms with Crippen LogP contribution in [-0.4, -0.2) is 48.8 Å². The Morgan fingerprint density at radius 3 is 2.38 bits per heavy atom. The first kappa shape index (κ1) is 17.3. The van der Waals surface area contributed by atoms with Crippen LogP contribution in [0, 0.1) is 5.92 Å². The molecule has 0 atom stereocenters. The second kappa shape index (κ2) is 9.23. The SMILES string of the molecule is CCOc1ccccc1OCCN(CC(=O)O)CC(C)C. The molecular weight excluding hydrogens is 270 g/mol. The summed E-state index contributed by atoms with van der Waals surface area (Å²) in [6, 6.07) is 7.51. The molecule has 1 N–H and O–H groups in total. The molecule has 5 heteroatoms. The highest BCUT2D eigenvalue weighted by Gasteiger charge is 2.12. The van der Waals surface area contributed by atoms with Crippen LogP contribution in [0.5, 0.6) is 11.5 Å².